The zero-order valence-corrected chi connectivity index (χ0v) is 11.3. The van der Waals surface area contributed by atoms with Crippen LogP contribution in [0.1, 0.15) is 60.3 Å². The summed E-state index contributed by atoms with van der Waals surface area (Å²) in [6.07, 6.45) is 3.45. The molecular weight excluding hydrogens is 258 g/mol. The fourth-order valence-electron chi connectivity index (χ4n) is 3.81. The van der Waals surface area contributed by atoms with Crippen LogP contribution in [0, 0.1) is 0 Å². The lowest BCUT2D eigenvalue weighted by atomic mass is 9.78. The van der Waals surface area contributed by atoms with Crippen LogP contribution in [0.2, 0.25) is 0 Å². The average molecular weight is 277 g/mol. The third kappa shape index (κ3) is 1.67. The fourth-order valence-corrected chi connectivity index (χ4v) is 3.81. The Balaban J connectivity index is 1.90. The Morgan fingerprint density at radius 2 is 1.90 bits per heavy atom. The lowest BCUT2D eigenvalue weighted by Crippen LogP contribution is -2.35. The maximum Gasteiger partial charge on any atom is 0.0988 e. The molecule has 0 aromatic carbocycles. The molecule has 2 N–H and O–H groups in total. The maximum atomic E-state index is 10.4. The van der Waals surface area contributed by atoms with Gasteiger partial charge in [-0.05, 0) is 18.4 Å². The van der Waals surface area contributed by atoms with Gasteiger partial charge in [-0.25, -0.2) is 0 Å². The van der Waals surface area contributed by atoms with Crippen LogP contribution in [0.4, 0.5) is 0 Å². The van der Waals surface area contributed by atoms with Crippen molar-refractivity contribution >= 4 is 0 Å². The topological polar surface area (TPSA) is 71.8 Å². The molecule has 0 radical (unpaired) electrons. The lowest BCUT2D eigenvalue weighted by Gasteiger charge is -2.37. The van der Waals surface area contributed by atoms with E-state index in [2.05, 4.69) is 4.98 Å². The van der Waals surface area contributed by atoms with Gasteiger partial charge in [0.15, 0.2) is 0 Å². The number of aliphatic hydroxyl groups excluding tert-OH is 2. The van der Waals surface area contributed by atoms with Crippen molar-refractivity contribution in [2.75, 3.05) is 13.2 Å². The molecule has 4 rings (SSSR count). The summed E-state index contributed by atoms with van der Waals surface area (Å²) in [4.78, 5) is 4.38. The number of nitrogens with zero attached hydrogens (tertiary/aromatic N) is 1. The van der Waals surface area contributed by atoms with Crippen molar-refractivity contribution in [1.29, 1.82) is 0 Å². The smallest absolute Gasteiger partial charge is 0.0988 e. The van der Waals surface area contributed by atoms with Crippen molar-refractivity contribution in [3.05, 3.63) is 28.6 Å². The summed E-state index contributed by atoms with van der Waals surface area (Å²) in [5, 5.41) is 20.6. The van der Waals surface area contributed by atoms with E-state index in [1.54, 1.807) is 6.20 Å². The third-order valence-electron chi connectivity index (χ3n) is 4.85. The molecular formula is C15H19NO4. The standard InChI is InChI=1S/C15H19NO4/c17-10-1-2-11(18)14-12(10)13-9(7-16-14)8-20-15(13)3-5-19-6-4-15/h7,10-11,17-18H,1-6,8H2. The Kier molecular flexibility index (Phi) is 2.86. The number of hydrogen-bond donors (Lipinski definition) is 2. The minimum atomic E-state index is -0.573. The van der Waals surface area contributed by atoms with E-state index in [-0.39, 0.29) is 5.60 Å². The molecule has 3 aliphatic rings. The number of pyridine rings is 1. The molecule has 5 heteroatoms. The van der Waals surface area contributed by atoms with E-state index in [1.807, 2.05) is 0 Å². The van der Waals surface area contributed by atoms with Gasteiger partial charge in [-0.2, -0.15) is 0 Å². The molecule has 2 unspecified atom stereocenters. The van der Waals surface area contributed by atoms with Gasteiger partial charge in [0.05, 0.1) is 30.1 Å². The van der Waals surface area contributed by atoms with Crippen molar-refractivity contribution in [2.45, 2.75) is 50.1 Å². The molecule has 1 aromatic rings. The van der Waals surface area contributed by atoms with Gasteiger partial charge < -0.3 is 19.7 Å². The number of fused-ring (bicyclic) bond motifs is 4. The van der Waals surface area contributed by atoms with Crippen LogP contribution in [0.15, 0.2) is 6.20 Å². The van der Waals surface area contributed by atoms with Gasteiger partial charge in [-0.3, -0.25) is 4.98 Å². The molecule has 1 saturated heterocycles. The second kappa shape index (κ2) is 4.49. The molecule has 0 amide bonds. The highest BCUT2D eigenvalue weighted by molar-refractivity contribution is 5.46. The van der Waals surface area contributed by atoms with Crippen LogP contribution in [-0.4, -0.2) is 28.4 Å². The van der Waals surface area contributed by atoms with Crippen molar-refractivity contribution in [1.82, 2.24) is 4.98 Å². The first kappa shape index (κ1) is 12.7. The van der Waals surface area contributed by atoms with Crippen molar-refractivity contribution < 1.29 is 19.7 Å². The number of aromatic nitrogens is 1. The summed E-state index contributed by atoms with van der Waals surface area (Å²) in [6.45, 7) is 1.89. The summed E-state index contributed by atoms with van der Waals surface area (Å²) in [5.41, 5.74) is 3.24. The zero-order chi connectivity index (χ0) is 13.7. The molecule has 1 aromatic heterocycles. The molecule has 1 spiro atoms. The molecule has 0 saturated carbocycles. The van der Waals surface area contributed by atoms with Gasteiger partial charge in [-0.1, -0.05) is 0 Å². The fraction of sp³-hybridized carbons (Fsp3) is 0.667. The van der Waals surface area contributed by atoms with E-state index in [0.29, 0.717) is 38.4 Å². The van der Waals surface area contributed by atoms with E-state index >= 15 is 0 Å². The van der Waals surface area contributed by atoms with Crippen LogP contribution in [-0.2, 0) is 21.7 Å². The molecule has 20 heavy (non-hydrogen) atoms. The third-order valence-corrected chi connectivity index (χ3v) is 4.85. The minimum Gasteiger partial charge on any atom is -0.388 e. The highest BCUT2D eigenvalue weighted by Crippen LogP contribution is 2.50. The Hall–Kier alpha value is -1.01. The minimum absolute atomic E-state index is 0.349. The molecule has 5 nitrogen and oxygen atoms in total. The summed E-state index contributed by atoms with van der Waals surface area (Å²) >= 11 is 0. The quantitative estimate of drug-likeness (QED) is 0.751. The summed E-state index contributed by atoms with van der Waals surface area (Å²) in [5.74, 6) is 0. The van der Waals surface area contributed by atoms with Gasteiger partial charge in [0, 0.05) is 43.4 Å². The number of hydrogen-bond acceptors (Lipinski definition) is 5. The van der Waals surface area contributed by atoms with E-state index in [9.17, 15) is 10.2 Å². The highest BCUT2D eigenvalue weighted by atomic mass is 16.5. The van der Waals surface area contributed by atoms with Gasteiger partial charge in [0.1, 0.15) is 0 Å². The predicted octanol–water partition coefficient (Wildman–Crippen LogP) is 1.48. The molecule has 3 heterocycles. The molecule has 2 atom stereocenters. The van der Waals surface area contributed by atoms with Crippen LogP contribution >= 0.6 is 0 Å². The van der Waals surface area contributed by atoms with E-state index in [1.165, 1.54) is 0 Å². The number of rotatable bonds is 0. The lowest BCUT2D eigenvalue weighted by molar-refractivity contribution is -0.108. The van der Waals surface area contributed by atoms with Crippen molar-refractivity contribution in [3.63, 3.8) is 0 Å². The zero-order valence-electron chi connectivity index (χ0n) is 11.3. The molecule has 108 valence electrons. The normalized spacial score (nSPS) is 31.1. The van der Waals surface area contributed by atoms with Crippen LogP contribution < -0.4 is 0 Å². The van der Waals surface area contributed by atoms with Gasteiger partial charge in [-0.15, -0.1) is 0 Å². The van der Waals surface area contributed by atoms with E-state index < -0.39 is 12.2 Å². The largest absolute Gasteiger partial charge is 0.388 e. The van der Waals surface area contributed by atoms with Gasteiger partial charge >= 0.3 is 0 Å². The first-order valence-electron chi connectivity index (χ1n) is 7.31. The van der Waals surface area contributed by atoms with E-state index in [0.717, 1.165) is 29.5 Å². The first-order chi connectivity index (χ1) is 9.71. The SMILES string of the molecule is OC1CCC(O)c2c1ncc1c2C2(CCOCC2)OC1. The van der Waals surface area contributed by atoms with Crippen molar-refractivity contribution in [2.24, 2.45) is 0 Å². The summed E-state index contributed by atoms with van der Waals surface area (Å²) in [6, 6.07) is 0. The first-order valence-corrected chi connectivity index (χ1v) is 7.31. The Bertz CT molecular complexity index is 533. The number of aliphatic hydroxyl groups is 2. The van der Waals surface area contributed by atoms with Gasteiger partial charge in [0.25, 0.3) is 0 Å². The Labute approximate surface area is 117 Å². The van der Waals surface area contributed by atoms with Crippen LogP contribution in [0.5, 0.6) is 0 Å². The monoisotopic (exact) mass is 277 g/mol. The predicted molar refractivity (Wildman–Crippen MR) is 69.9 cm³/mol. The molecule has 1 aliphatic carbocycles. The number of ether oxygens (including phenoxy) is 2. The highest BCUT2D eigenvalue weighted by Gasteiger charge is 2.46. The summed E-state index contributed by atoms with van der Waals surface area (Å²) < 4.78 is 11.5. The van der Waals surface area contributed by atoms with Crippen molar-refractivity contribution in [3.8, 4) is 0 Å². The molecule has 1 fully saturated rings. The Morgan fingerprint density at radius 3 is 2.70 bits per heavy atom. The molecule has 0 bridgehead atoms. The summed E-state index contributed by atoms with van der Waals surface area (Å²) in [7, 11) is 0. The van der Waals surface area contributed by atoms with Gasteiger partial charge in [0.2, 0.25) is 0 Å². The Morgan fingerprint density at radius 1 is 1.15 bits per heavy atom. The average Bonchev–Trinajstić information content (AvgIpc) is 2.82. The molecule has 2 aliphatic heterocycles. The van der Waals surface area contributed by atoms with Crippen LogP contribution in [0.3, 0.4) is 0 Å². The van der Waals surface area contributed by atoms with E-state index in [4.69, 9.17) is 9.47 Å². The maximum absolute atomic E-state index is 10.4. The second-order valence-electron chi connectivity index (χ2n) is 5.96. The second-order valence-corrected chi connectivity index (χ2v) is 5.96. The van der Waals surface area contributed by atoms with Crippen LogP contribution in [0.25, 0.3) is 0 Å².